The molecule has 2 aromatic rings. The minimum absolute atomic E-state index is 0.248. The van der Waals surface area contributed by atoms with Crippen LogP contribution >= 0.6 is 0 Å². The number of likely N-dealkylation sites (tertiary alicyclic amines) is 1. The lowest BCUT2D eigenvalue weighted by Crippen LogP contribution is -2.38. The Balaban J connectivity index is 1.23. The molecule has 7 nitrogen and oxygen atoms in total. The Bertz CT molecular complexity index is 733. The van der Waals surface area contributed by atoms with Gasteiger partial charge in [0.2, 0.25) is 11.9 Å². The largest absolute Gasteiger partial charge is 0.342 e. The van der Waals surface area contributed by atoms with E-state index in [-0.39, 0.29) is 5.91 Å². The van der Waals surface area contributed by atoms with E-state index in [1.807, 2.05) is 11.0 Å². The second-order valence-corrected chi connectivity index (χ2v) is 7.46. The third-order valence-corrected chi connectivity index (χ3v) is 5.83. The van der Waals surface area contributed by atoms with E-state index in [1.54, 1.807) is 31.0 Å². The van der Waals surface area contributed by atoms with Gasteiger partial charge in [-0.25, -0.2) is 9.97 Å². The van der Waals surface area contributed by atoms with E-state index in [1.165, 1.54) is 0 Å². The van der Waals surface area contributed by atoms with Crippen LogP contribution in [0, 0.1) is 11.8 Å². The number of rotatable bonds is 5. The zero-order valence-corrected chi connectivity index (χ0v) is 15.6. The third-order valence-electron chi connectivity index (χ3n) is 5.83. The molecule has 0 spiro atoms. The van der Waals surface area contributed by atoms with Gasteiger partial charge in [0.05, 0.1) is 5.69 Å². The average molecular weight is 366 g/mol. The standard InChI is InChI=1S/C20H26N6O/c27-19(3-2-18-14-21-9-10-22-18)26-13-6-17(15-26)16-4-11-25(12-5-16)20-23-7-1-8-24-20/h1,7-10,14,16-17H,2-6,11-13,15H2/t17-/m0/s1. The fraction of sp³-hybridized carbons (Fsp3) is 0.550. The van der Waals surface area contributed by atoms with Crippen molar-refractivity contribution < 1.29 is 4.79 Å². The molecular formula is C20H26N6O. The Labute approximate surface area is 159 Å². The summed E-state index contributed by atoms with van der Waals surface area (Å²) in [4.78, 5) is 33.9. The van der Waals surface area contributed by atoms with Crippen molar-refractivity contribution >= 4 is 11.9 Å². The second kappa shape index (κ2) is 8.41. The van der Waals surface area contributed by atoms with E-state index in [2.05, 4.69) is 24.8 Å². The van der Waals surface area contributed by atoms with Crippen molar-refractivity contribution in [2.75, 3.05) is 31.1 Å². The molecule has 27 heavy (non-hydrogen) atoms. The van der Waals surface area contributed by atoms with Crippen LogP contribution in [0.25, 0.3) is 0 Å². The highest BCUT2D eigenvalue weighted by Gasteiger charge is 2.33. The van der Waals surface area contributed by atoms with Gasteiger partial charge in [0.1, 0.15) is 0 Å². The summed E-state index contributed by atoms with van der Waals surface area (Å²) in [5, 5.41) is 0. The first-order valence-corrected chi connectivity index (χ1v) is 9.84. The molecule has 0 radical (unpaired) electrons. The minimum atomic E-state index is 0.248. The highest BCUT2D eigenvalue weighted by molar-refractivity contribution is 5.76. The first-order valence-electron chi connectivity index (χ1n) is 9.84. The van der Waals surface area contributed by atoms with Gasteiger partial charge in [0.15, 0.2) is 0 Å². The Hall–Kier alpha value is -2.57. The van der Waals surface area contributed by atoms with Crippen molar-refractivity contribution in [1.29, 1.82) is 0 Å². The van der Waals surface area contributed by atoms with Gasteiger partial charge in [0, 0.05) is 63.6 Å². The zero-order valence-electron chi connectivity index (χ0n) is 15.6. The molecule has 2 saturated heterocycles. The molecule has 4 rings (SSSR count). The van der Waals surface area contributed by atoms with Crippen LogP contribution in [0.5, 0.6) is 0 Å². The molecule has 4 heterocycles. The van der Waals surface area contributed by atoms with E-state index in [4.69, 9.17) is 0 Å². The Morgan fingerprint density at radius 1 is 0.963 bits per heavy atom. The van der Waals surface area contributed by atoms with Crippen LogP contribution in [0.1, 0.15) is 31.4 Å². The van der Waals surface area contributed by atoms with E-state index in [0.29, 0.717) is 24.7 Å². The Morgan fingerprint density at radius 2 is 1.74 bits per heavy atom. The molecule has 2 aliphatic rings. The lowest BCUT2D eigenvalue weighted by atomic mass is 9.84. The number of hydrogen-bond donors (Lipinski definition) is 0. The minimum Gasteiger partial charge on any atom is -0.342 e. The van der Waals surface area contributed by atoms with Crippen molar-refractivity contribution in [2.24, 2.45) is 11.8 Å². The molecular weight excluding hydrogens is 340 g/mol. The monoisotopic (exact) mass is 366 g/mol. The van der Waals surface area contributed by atoms with E-state index in [0.717, 1.165) is 57.1 Å². The summed E-state index contributed by atoms with van der Waals surface area (Å²) < 4.78 is 0. The van der Waals surface area contributed by atoms with Crippen LogP contribution in [-0.2, 0) is 11.2 Å². The van der Waals surface area contributed by atoms with Crippen LogP contribution in [0.4, 0.5) is 5.95 Å². The molecule has 142 valence electrons. The number of nitrogens with zero attached hydrogens (tertiary/aromatic N) is 6. The first-order chi connectivity index (χ1) is 13.3. The first kappa shape index (κ1) is 17.8. The predicted molar refractivity (Wildman–Crippen MR) is 102 cm³/mol. The number of piperidine rings is 1. The summed E-state index contributed by atoms with van der Waals surface area (Å²) in [5.74, 6) is 2.41. The molecule has 0 bridgehead atoms. The molecule has 0 saturated carbocycles. The SMILES string of the molecule is O=C(CCc1cnccn1)N1CC[C@H](C2CCN(c3ncccn3)CC2)C1. The van der Waals surface area contributed by atoms with Gasteiger partial charge in [-0.05, 0) is 43.6 Å². The van der Waals surface area contributed by atoms with Crippen molar-refractivity contribution in [3.8, 4) is 0 Å². The topological polar surface area (TPSA) is 75.1 Å². The second-order valence-electron chi connectivity index (χ2n) is 7.46. The van der Waals surface area contributed by atoms with Gasteiger partial charge >= 0.3 is 0 Å². The summed E-state index contributed by atoms with van der Waals surface area (Å²) in [5.41, 5.74) is 0.886. The lowest BCUT2D eigenvalue weighted by molar-refractivity contribution is -0.130. The highest BCUT2D eigenvalue weighted by atomic mass is 16.2. The molecule has 1 atom stereocenters. The van der Waals surface area contributed by atoms with Crippen molar-refractivity contribution in [1.82, 2.24) is 24.8 Å². The maximum Gasteiger partial charge on any atom is 0.225 e. The van der Waals surface area contributed by atoms with Gasteiger partial charge in [0.25, 0.3) is 0 Å². The van der Waals surface area contributed by atoms with Crippen molar-refractivity contribution in [3.05, 3.63) is 42.7 Å². The molecule has 0 aromatic carbocycles. The van der Waals surface area contributed by atoms with Gasteiger partial charge in [-0.3, -0.25) is 14.8 Å². The van der Waals surface area contributed by atoms with Crippen LogP contribution < -0.4 is 4.90 Å². The number of aryl methyl sites for hydroxylation is 1. The molecule has 0 aliphatic carbocycles. The predicted octanol–water partition coefficient (Wildman–Crippen LogP) is 1.96. The lowest BCUT2D eigenvalue weighted by Gasteiger charge is -2.34. The number of carbonyl (C=O) groups excluding carboxylic acids is 1. The normalized spacial score (nSPS) is 20.8. The fourth-order valence-electron chi connectivity index (χ4n) is 4.28. The average Bonchev–Trinajstić information content (AvgIpc) is 3.24. The van der Waals surface area contributed by atoms with Gasteiger partial charge in [-0.1, -0.05) is 0 Å². The smallest absolute Gasteiger partial charge is 0.225 e. The third kappa shape index (κ3) is 4.40. The summed E-state index contributed by atoms with van der Waals surface area (Å²) in [6, 6.07) is 1.85. The summed E-state index contributed by atoms with van der Waals surface area (Å²) in [6.45, 7) is 3.81. The summed E-state index contributed by atoms with van der Waals surface area (Å²) in [7, 11) is 0. The van der Waals surface area contributed by atoms with E-state index < -0.39 is 0 Å². The van der Waals surface area contributed by atoms with Crippen molar-refractivity contribution in [3.63, 3.8) is 0 Å². The van der Waals surface area contributed by atoms with Crippen LogP contribution in [-0.4, -0.2) is 56.9 Å². The Kier molecular flexibility index (Phi) is 5.55. The maximum absolute atomic E-state index is 12.5. The molecule has 2 fully saturated rings. The molecule has 2 aromatic heterocycles. The van der Waals surface area contributed by atoms with Crippen LogP contribution in [0.2, 0.25) is 0 Å². The number of hydrogen-bond acceptors (Lipinski definition) is 6. The molecule has 1 amide bonds. The Morgan fingerprint density at radius 3 is 2.48 bits per heavy atom. The van der Waals surface area contributed by atoms with Crippen LogP contribution in [0.3, 0.4) is 0 Å². The summed E-state index contributed by atoms with van der Waals surface area (Å²) in [6.07, 6.45) is 13.3. The zero-order chi connectivity index (χ0) is 18.5. The van der Waals surface area contributed by atoms with E-state index >= 15 is 0 Å². The molecule has 2 aliphatic heterocycles. The van der Waals surface area contributed by atoms with Crippen LogP contribution in [0.15, 0.2) is 37.1 Å². The van der Waals surface area contributed by atoms with E-state index in [9.17, 15) is 4.79 Å². The number of carbonyl (C=O) groups is 1. The number of aromatic nitrogens is 4. The molecule has 0 N–H and O–H groups in total. The highest BCUT2D eigenvalue weighted by Crippen LogP contribution is 2.32. The quantitative estimate of drug-likeness (QED) is 0.805. The van der Waals surface area contributed by atoms with Gasteiger partial charge in [-0.2, -0.15) is 0 Å². The molecule has 0 unspecified atom stereocenters. The van der Waals surface area contributed by atoms with Crippen molar-refractivity contribution in [2.45, 2.75) is 32.1 Å². The number of anilines is 1. The molecule has 7 heteroatoms. The van der Waals surface area contributed by atoms with Gasteiger partial charge in [-0.15, -0.1) is 0 Å². The fourth-order valence-corrected chi connectivity index (χ4v) is 4.28. The van der Waals surface area contributed by atoms with Gasteiger partial charge < -0.3 is 9.80 Å². The number of amides is 1. The summed E-state index contributed by atoms with van der Waals surface area (Å²) >= 11 is 0. The maximum atomic E-state index is 12.5.